The summed E-state index contributed by atoms with van der Waals surface area (Å²) in [6.45, 7) is 5.57. The standard InChI is InChI=1S/C17H19ClN2O2.C5H5.Fe/c1-17(2,3)20(16(22)13-6-4-5-7-13)19-15(21)12-8-10-14(18)11-9-12;1-2-4-5-3-1;/h4-11,22H,1-3H3,(H,19,21);1-5H;/q;-1;+2/p-1. The number of nitrogens with zero attached hydrogens (tertiary/aromatic N) is 1. The number of hydrazine groups is 1. The minimum absolute atomic E-state index is 0. The Hall–Kier alpha value is -2.33. The maximum absolute atomic E-state index is 12.6. The van der Waals surface area contributed by atoms with Gasteiger partial charge in [-0.1, -0.05) is 35.9 Å². The Labute approximate surface area is 182 Å². The van der Waals surface area contributed by atoms with Crippen molar-refractivity contribution in [1.82, 2.24) is 10.4 Å². The maximum atomic E-state index is 12.6. The van der Waals surface area contributed by atoms with Crippen LogP contribution in [0.2, 0.25) is 5.02 Å². The van der Waals surface area contributed by atoms with Gasteiger partial charge in [0.1, 0.15) is 0 Å². The molecule has 0 atom stereocenters. The van der Waals surface area contributed by atoms with Crippen LogP contribution in [0.25, 0.3) is 0 Å². The van der Waals surface area contributed by atoms with Gasteiger partial charge in [0.15, 0.2) is 0 Å². The van der Waals surface area contributed by atoms with Gasteiger partial charge in [-0.25, -0.2) is 12.1 Å². The van der Waals surface area contributed by atoms with Gasteiger partial charge in [-0.3, -0.25) is 15.2 Å². The molecule has 0 fully saturated rings. The molecular weight excluding hydrogens is 416 g/mol. The summed E-state index contributed by atoms with van der Waals surface area (Å²) in [7, 11) is 0. The van der Waals surface area contributed by atoms with Crippen LogP contribution in [0.3, 0.4) is 0 Å². The van der Waals surface area contributed by atoms with E-state index in [1.54, 1.807) is 48.6 Å². The third kappa shape index (κ3) is 7.01. The van der Waals surface area contributed by atoms with Crippen molar-refractivity contribution in [1.29, 1.82) is 0 Å². The van der Waals surface area contributed by atoms with E-state index in [4.69, 9.17) is 11.6 Å². The van der Waals surface area contributed by atoms with Crippen molar-refractivity contribution >= 4 is 17.5 Å². The molecule has 0 spiro atoms. The second kappa shape index (κ2) is 10.9. The Morgan fingerprint density at radius 3 is 2.04 bits per heavy atom. The average molecular weight is 439 g/mol. The van der Waals surface area contributed by atoms with E-state index in [1.807, 2.05) is 51.1 Å². The van der Waals surface area contributed by atoms with Gasteiger partial charge >= 0.3 is 17.1 Å². The van der Waals surface area contributed by atoms with Gasteiger partial charge < -0.3 is 5.11 Å². The van der Waals surface area contributed by atoms with Crippen LogP contribution in [0.4, 0.5) is 0 Å². The van der Waals surface area contributed by atoms with Gasteiger partial charge in [0.05, 0.1) is 5.54 Å². The van der Waals surface area contributed by atoms with E-state index in [2.05, 4.69) is 5.43 Å². The molecule has 3 rings (SSSR count). The third-order valence-corrected chi connectivity index (χ3v) is 3.91. The number of benzene rings is 1. The fraction of sp³-hybridized carbons (Fsp3) is 0.182. The van der Waals surface area contributed by atoms with Crippen LogP contribution < -0.4 is 10.5 Å². The van der Waals surface area contributed by atoms with E-state index >= 15 is 0 Å². The monoisotopic (exact) mass is 438 g/mol. The van der Waals surface area contributed by atoms with Crippen LogP contribution in [0.5, 0.6) is 0 Å². The smallest absolute Gasteiger partial charge is 0.858 e. The van der Waals surface area contributed by atoms with Crippen LogP contribution in [0.1, 0.15) is 31.1 Å². The number of hydrogen-bond donors (Lipinski definition) is 1. The van der Waals surface area contributed by atoms with Gasteiger partial charge in [-0.15, -0.1) is 0 Å². The molecule has 0 aromatic heterocycles. The molecule has 1 aliphatic rings. The van der Waals surface area contributed by atoms with E-state index in [1.165, 1.54) is 5.01 Å². The van der Waals surface area contributed by atoms with Crippen LogP contribution in [-0.4, -0.2) is 16.5 Å². The summed E-state index contributed by atoms with van der Waals surface area (Å²) in [6.07, 6.45) is 7.01. The van der Waals surface area contributed by atoms with Gasteiger partial charge in [0, 0.05) is 10.6 Å². The first-order valence-electron chi connectivity index (χ1n) is 8.58. The molecule has 0 saturated heterocycles. The number of amides is 1. The molecule has 28 heavy (non-hydrogen) atoms. The zero-order valence-corrected chi connectivity index (χ0v) is 17.9. The first-order chi connectivity index (χ1) is 12.8. The number of rotatable bonds is 3. The summed E-state index contributed by atoms with van der Waals surface area (Å²) in [5, 5.41) is 14.5. The number of carbonyl (C=O) groups excluding carboxylic acids is 1. The van der Waals surface area contributed by atoms with Crippen molar-refractivity contribution in [2.45, 2.75) is 26.3 Å². The first-order valence-corrected chi connectivity index (χ1v) is 8.96. The second-order valence-electron chi connectivity index (χ2n) is 6.90. The predicted molar refractivity (Wildman–Crippen MR) is 108 cm³/mol. The van der Waals surface area contributed by atoms with E-state index < -0.39 is 5.54 Å². The largest absolute Gasteiger partial charge is 2.00 e. The molecule has 0 radical (unpaired) electrons. The summed E-state index contributed by atoms with van der Waals surface area (Å²) in [5.41, 5.74) is 3.10. The zero-order valence-electron chi connectivity index (χ0n) is 16.0. The average Bonchev–Trinajstić information content (AvgIpc) is 3.34. The van der Waals surface area contributed by atoms with Crippen molar-refractivity contribution in [2.75, 3.05) is 0 Å². The third-order valence-electron chi connectivity index (χ3n) is 3.66. The van der Waals surface area contributed by atoms with Crippen molar-refractivity contribution < 1.29 is 27.0 Å². The van der Waals surface area contributed by atoms with Crippen molar-refractivity contribution in [3.05, 3.63) is 101 Å². The molecule has 2 aromatic carbocycles. The predicted octanol–water partition coefficient (Wildman–Crippen LogP) is 4.19. The summed E-state index contributed by atoms with van der Waals surface area (Å²) in [5.74, 6) is -0.605. The topological polar surface area (TPSA) is 55.4 Å². The molecule has 1 aliphatic carbocycles. The number of carbonyl (C=O) groups is 1. The van der Waals surface area contributed by atoms with Gasteiger partial charge in [0.25, 0.3) is 5.91 Å². The summed E-state index contributed by atoms with van der Waals surface area (Å²) in [4.78, 5) is 12.3. The van der Waals surface area contributed by atoms with Crippen LogP contribution in [0, 0.1) is 0 Å². The minimum atomic E-state index is -0.559. The van der Waals surface area contributed by atoms with Crippen LogP contribution >= 0.6 is 11.6 Å². The Morgan fingerprint density at radius 2 is 1.61 bits per heavy atom. The Morgan fingerprint density at radius 1 is 1.07 bits per heavy atom. The minimum Gasteiger partial charge on any atom is -0.858 e. The number of allylic oxidation sites excluding steroid dienone is 5. The normalized spacial score (nSPS) is 11.9. The van der Waals surface area contributed by atoms with Crippen molar-refractivity contribution in [2.24, 2.45) is 0 Å². The molecule has 0 bridgehead atoms. The molecule has 1 N–H and O–H groups in total. The fourth-order valence-corrected chi connectivity index (χ4v) is 2.38. The maximum Gasteiger partial charge on any atom is 2.00 e. The van der Waals surface area contributed by atoms with E-state index in [-0.39, 0.29) is 28.9 Å². The van der Waals surface area contributed by atoms with Gasteiger partial charge in [-0.2, -0.15) is 18.2 Å². The molecule has 0 unspecified atom stereocenters. The zero-order chi connectivity index (χ0) is 19.9. The Bertz CT molecular complexity index is 801. The second-order valence-corrected chi connectivity index (χ2v) is 7.33. The van der Waals surface area contributed by atoms with E-state index in [0.29, 0.717) is 16.2 Å². The number of halogens is 1. The molecule has 6 heteroatoms. The van der Waals surface area contributed by atoms with Crippen LogP contribution in [-0.2, 0) is 17.1 Å². The number of nitrogens with one attached hydrogen (secondary N) is 1. The molecule has 0 saturated carbocycles. The summed E-state index contributed by atoms with van der Waals surface area (Å²) >= 11 is 5.82. The number of hydrogen-bond acceptors (Lipinski definition) is 3. The molecule has 1 amide bonds. The molecule has 0 aliphatic heterocycles. The van der Waals surface area contributed by atoms with E-state index in [0.717, 1.165) is 0 Å². The SMILES string of the molecule is CC(C)(C)N(NC(=O)c1ccc(Cl)cc1)C([O-])=C1C=CC=C1.[Fe+2].c1cc[cH-]c1. The fourth-order valence-electron chi connectivity index (χ4n) is 2.26. The first kappa shape index (κ1) is 23.7. The van der Waals surface area contributed by atoms with E-state index in [9.17, 15) is 9.90 Å². The Kier molecular flexibility index (Phi) is 9.20. The van der Waals surface area contributed by atoms with Gasteiger partial charge in [0.2, 0.25) is 0 Å². The molecule has 4 nitrogen and oxygen atoms in total. The molecule has 2 aromatic rings. The van der Waals surface area contributed by atoms with Gasteiger partial charge in [-0.05, 0) is 56.5 Å². The summed E-state index contributed by atoms with van der Waals surface area (Å²) < 4.78 is 0. The summed E-state index contributed by atoms with van der Waals surface area (Å²) in [6, 6.07) is 16.5. The molecular formula is C22H23ClFeN2O2. The molecule has 148 valence electrons. The molecule has 0 heterocycles. The van der Waals surface area contributed by atoms with Crippen LogP contribution in [0.15, 0.2) is 90.4 Å². The Balaban J connectivity index is 0.000000567. The van der Waals surface area contributed by atoms with Crippen molar-refractivity contribution in [3.8, 4) is 0 Å². The van der Waals surface area contributed by atoms with Crippen molar-refractivity contribution in [3.63, 3.8) is 0 Å². The quantitative estimate of drug-likeness (QED) is 0.338.